The van der Waals surface area contributed by atoms with Crippen molar-refractivity contribution in [3.8, 4) is 11.5 Å². The first kappa shape index (κ1) is 18.1. The zero-order valence-electron chi connectivity index (χ0n) is 14.4. The van der Waals surface area contributed by atoms with Gasteiger partial charge in [-0.25, -0.2) is 0 Å². The summed E-state index contributed by atoms with van der Waals surface area (Å²) >= 11 is 6.18. The van der Waals surface area contributed by atoms with Gasteiger partial charge >= 0.3 is 0 Å². The minimum absolute atomic E-state index is 0.127. The van der Waals surface area contributed by atoms with Gasteiger partial charge in [0.2, 0.25) is 0 Å². The lowest BCUT2D eigenvalue weighted by Crippen LogP contribution is -2.26. The lowest BCUT2D eigenvalue weighted by Gasteiger charge is -2.19. The zero-order valence-corrected chi connectivity index (χ0v) is 15.2. The first-order chi connectivity index (χ1) is 11.5. The molecule has 0 bridgehead atoms. The van der Waals surface area contributed by atoms with E-state index in [4.69, 9.17) is 21.1 Å². The smallest absolute Gasteiger partial charge is 0.254 e. The molecule has 128 valence electrons. The number of ether oxygens (including phenoxy) is 2. The molecule has 0 aliphatic heterocycles. The molecular formula is C19H22ClNO3. The minimum atomic E-state index is -0.127. The number of hydrogen-bond donors (Lipinski definition) is 0. The molecule has 0 fully saturated rings. The molecule has 2 aromatic rings. The van der Waals surface area contributed by atoms with Gasteiger partial charge in [-0.05, 0) is 29.7 Å². The number of nitrogens with zero attached hydrogens (tertiary/aromatic N) is 1. The van der Waals surface area contributed by atoms with E-state index in [1.54, 1.807) is 24.1 Å². The fourth-order valence-corrected chi connectivity index (χ4v) is 2.78. The van der Waals surface area contributed by atoms with Crippen LogP contribution in [-0.4, -0.2) is 32.1 Å². The van der Waals surface area contributed by atoms with Gasteiger partial charge in [-0.3, -0.25) is 4.79 Å². The monoisotopic (exact) mass is 347 g/mol. The number of halogens is 1. The SMILES string of the molecule is CCc1ccc(CN(C)C(=O)c2cc(Cl)c(OC)c(OC)c2)cc1. The molecule has 0 saturated carbocycles. The van der Waals surface area contributed by atoms with E-state index in [1.807, 2.05) is 12.1 Å². The van der Waals surface area contributed by atoms with Gasteiger partial charge in [-0.15, -0.1) is 0 Å². The van der Waals surface area contributed by atoms with Gasteiger partial charge in [0.25, 0.3) is 5.91 Å². The second-order valence-electron chi connectivity index (χ2n) is 5.52. The van der Waals surface area contributed by atoms with Crippen LogP contribution in [-0.2, 0) is 13.0 Å². The van der Waals surface area contributed by atoms with E-state index in [0.29, 0.717) is 28.6 Å². The van der Waals surface area contributed by atoms with Crippen LogP contribution in [0.3, 0.4) is 0 Å². The number of carbonyl (C=O) groups excluding carboxylic acids is 1. The second-order valence-corrected chi connectivity index (χ2v) is 5.93. The third-order valence-electron chi connectivity index (χ3n) is 3.88. The lowest BCUT2D eigenvalue weighted by atomic mass is 10.1. The van der Waals surface area contributed by atoms with E-state index in [9.17, 15) is 4.79 Å². The first-order valence-electron chi connectivity index (χ1n) is 7.75. The lowest BCUT2D eigenvalue weighted by molar-refractivity contribution is 0.0784. The van der Waals surface area contributed by atoms with Crippen molar-refractivity contribution in [3.63, 3.8) is 0 Å². The number of amides is 1. The van der Waals surface area contributed by atoms with Gasteiger partial charge in [-0.1, -0.05) is 42.8 Å². The summed E-state index contributed by atoms with van der Waals surface area (Å²) in [7, 11) is 4.79. The molecule has 0 N–H and O–H groups in total. The van der Waals surface area contributed by atoms with Gasteiger partial charge in [0, 0.05) is 19.2 Å². The summed E-state index contributed by atoms with van der Waals surface area (Å²) in [5.74, 6) is 0.736. The Kier molecular flexibility index (Phi) is 6.10. The normalized spacial score (nSPS) is 10.4. The molecule has 0 aliphatic rings. The predicted molar refractivity (Wildman–Crippen MR) is 96.2 cm³/mol. The summed E-state index contributed by atoms with van der Waals surface area (Å²) in [4.78, 5) is 14.3. The molecule has 0 aliphatic carbocycles. The third kappa shape index (κ3) is 4.01. The molecule has 0 heterocycles. The van der Waals surface area contributed by atoms with Gasteiger partial charge in [0.05, 0.1) is 19.2 Å². The predicted octanol–water partition coefficient (Wildman–Crippen LogP) is 4.19. The average Bonchev–Trinajstić information content (AvgIpc) is 2.60. The van der Waals surface area contributed by atoms with Gasteiger partial charge in [0.15, 0.2) is 11.5 Å². The van der Waals surface area contributed by atoms with Crippen LogP contribution in [0, 0.1) is 0 Å². The number of rotatable bonds is 6. The summed E-state index contributed by atoms with van der Waals surface area (Å²) in [6.07, 6.45) is 0.999. The number of benzene rings is 2. The highest BCUT2D eigenvalue weighted by atomic mass is 35.5. The zero-order chi connectivity index (χ0) is 17.7. The standard InChI is InChI=1S/C19H22ClNO3/c1-5-13-6-8-14(9-7-13)12-21(2)19(22)15-10-16(20)18(24-4)17(11-15)23-3/h6-11H,5,12H2,1-4H3. The van der Waals surface area contributed by atoms with Crippen LogP contribution < -0.4 is 9.47 Å². The molecule has 0 spiro atoms. The van der Waals surface area contributed by atoms with Crippen molar-refractivity contribution in [3.05, 3.63) is 58.1 Å². The number of hydrogen-bond acceptors (Lipinski definition) is 3. The van der Waals surface area contributed by atoms with Crippen LogP contribution in [0.1, 0.15) is 28.4 Å². The molecule has 0 atom stereocenters. The summed E-state index contributed by atoms with van der Waals surface area (Å²) in [6, 6.07) is 11.5. The van der Waals surface area contributed by atoms with Crippen molar-refractivity contribution in [1.29, 1.82) is 0 Å². The number of aryl methyl sites for hydroxylation is 1. The average molecular weight is 348 g/mol. The minimum Gasteiger partial charge on any atom is -0.493 e. The van der Waals surface area contributed by atoms with Gasteiger partial charge in [0.1, 0.15) is 0 Å². The maximum atomic E-state index is 12.7. The summed E-state index contributed by atoms with van der Waals surface area (Å²) in [5.41, 5.74) is 2.82. The Morgan fingerprint density at radius 3 is 2.25 bits per heavy atom. The van der Waals surface area contributed by atoms with Crippen molar-refractivity contribution in [2.75, 3.05) is 21.3 Å². The van der Waals surface area contributed by atoms with Crippen molar-refractivity contribution in [2.45, 2.75) is 19.9 Å². The van der Waals surface area contributed by atoms with Crippen LogP contribution in [0.2, 0.25) is 5.02 Å². The van der Waals surface area contributed by atoms with E-state index in [1.165, 1.54) is 19.8 Å². The molecule has 0 aromatic heterocycles. The van der Waals surface area contributed by atoms with Gasteiger partial charge in [-0.2, -0.15) is 0 Å². The summed E-state index contributed by atoms with van der Waals surface area (Å²) in [6.45, 7) is 2.64. The van der Waals surface area contributed by atoms with E-state index in [0.717, 1.165) is 12.0 Å². The third-order valence-corrected chi connectivity index (χ3v) is 4.16. The molecule has 0 unspecified atom stereocenters. The molecule has 4 nitrogen and oxygen atoms in total. The highest BCUT2D eigenvalue weighted by molar-refractivity contribution is 6.32. The molecule has 0 saturated heterocycles. The molecule has 5 heteroatoms. The molecule has 24 heavy (non-hydrogen) atoms. The first-order valence-corrected chi connectivity index (χ1v) is 8.12. The Morgan fingerprint density at radius 2 is 1.71 bits per heavy atom. The molecule has 1 amide bonds. The van der Waals surface area contributed by atoms with Crippen molar-refractivity contribution in [1.82, 2.24) is 4.90 Å². The number of carbonyl (C=O) groups is 1. The van der Waals surface area contributed by atoms with E-state index in [2.05, 4.69) is 19.1 Å². The van der Waals surface area contributed by atoms with Crippen LogP contribution in [0.5, 0.6) is 11.5 Å². The Bertz CT molecular complexity index is 713. The van der Waals surface area contributed by atoms with Gasteiger partial charge < -0.3 is 14.4 Å². The maximum absolute atomic E-state index is 12.7. The number of methoxy groups -OCH3 is 2. The van der Waals surface area contributed by atoms with Crippen molar-refractivity contribution >= 4 is 17.5 Å². The molecule has 0 radical (unpaired) electrons. The van der Waals surface area contributed by atoms with E-state index < -0.39 is 0 Å². The van der Waals surface area contributed by atoms with Crippen LogP contribution in [0.25, 0.3) is 0 Å². The fraction of sp³-hybridized carbons (Fsp3) is 0.316. The Hall–Kier alpha value is -2.20. The van der Waals surface area contributed by atoms with Crippen molar-refractivity contribution < 1.29 is 14.3 Å². The topological polar surface area (TPSA) is 38.8 Å². The quantitative estimate of drug-likeness (QED) is 0.786. The van der Waals surface area contributed by atoms with E-state index in [-0.39, 0.29) is 5.91 Å². The Labute approximate surface area is 147 Å². The molecule has 2 rings (SSSR count). The Morgan fingerprint density at radius 1 is 1.08 bits per heavy atom. The Balaban J connectivity index is 2.19. The largest absolute Gasteiger partial charge is 0.493 e. The van der Waals surface area contributed by atoms with E-state index >= 15 is 0 Å². The van der Waals surface area contributed by atoms with Crippen molar-refractivity contribution in [2.24, 2.45) is 0 Å². The molecular weight excluding hydrogens is 326 g/mol. The summed E-state index contributed by atoms with van der Waals surface area (Å²) in [5, 5.41) is 0.348. The molecule has 2 aromatic carbocycles. The highest BCUT2D eigenvalue weighted by Crippen LogP contribution is 2.36. The van der Waals surface area contributed by atoms with Crippen LogP contribution in [0.15, 0.2) is 36.4 Å². The highest BCUT2D eigenvalue weighted by Gasteiger charge is 2.18. The maximum Gasteiger partial charge on any atom is 0.254 e. The fourth-order valence-electron chi connectivity index (χ4n) is 2.49. The second kappa shape index (κ2) is 8.06. The van der Waals surface area contributed by atoms with Crippen LogP contribution in [0.4, 0.5) is 0 Å². The van der Waals surface area contributed by atoms with Crippen LogP contribution >= 0.6 is 11.6 Å². The summed E-state index contributed by atoms with van der Waals surface area (Å²) < 4.78 is 10.4.